The second kappa shape index (κ2) is 21.0. The van der Waals surface area contributed by atoms with Crippen LogP contribution in [0.2, 0.25) is 0 Å². The number of rotatable bonds is 20. The number of nitrogen functional groups attached to an aromatic ring is 1. The number of nitrogens with one attached hydrogen (secondary N) is 2. The number of nitrogens with two attached hydrogens (primary N) is 1. The molecule has 3 aromatic heterocycles. The van der Waals surface area contributed by atoms with Gasteiger partial charge < -0.3 is 69.1 Å². The highest BCUT2D eigenvalue weighted by atomic mass is 31.3. The zero-order valence-corrected chi connectivity index (χ0v) is 41.5. The van der Waals surface area contributed by atoms with E-state index >= 15 is 0 Å². The first-order valence-corrected chi connectivity index (χ1v) is 27.2. The van der Waals surface area contributed by atoms with Gasteiger partial charge in [0.05, 0.1) is 31.9 Å². The lowest BCUT2D eigenvalue weighted by Gasteiger charge is -2.32. The number of aliphatic hydroxyl groups excluding tert-OH is 3. The summed E-state index contributed by atoms with van der Waals surface area (Å²) in [5.74, 6) is -0.569. The first kappa shape index (κ1) is 52.6. The number of anilines is 3. The molecule has 1 amide bonds. The number of imidazole rings is 1. The normalized spacial score (nSPS) is 31.7. The van der Waals surface area contributed by atoms with Crippen LogP contribution in [0.25, 0.3) is 11.2 Å². The van der Waals surface area contributed by atoms with Crippen LogP contribution in [0.3, 0.4) is 0 Å². The second-order valence-electron chi connectivity index (χ2n) is 16.4. The Kier molecular flexibility index (Phi) is 15.6. The van der Waals surface area contributed by atoms with Crippen LogP contribution in [0, 0.1) is 11.8 Å². The summed E-state index contributed by atoms with van der Waals surface area (Å²) in [6.07, 6.45) is -9.67. The molecule has 71 heavy (non-hydrogen) atoms. The van der Waals surface area contributed by atoms with Gasteiger partial charge in [-0.1, -0.05) is 11.8 Å². The number of nitroso groups, excluding NO2 is 1. The summed E-state index contributed by atoms with van der Waals surface area (Å²) in [6.45, 7) is 5.43. The smallest absolute Gasteiger partial charge is 0.387 e. The predicted octanol–water partition coefficient (Wildman–Crippen LogP) is 0.140. The standard InChI is InChI=1S/C35H46N12O20P4/c1-15-21-29(38-12-37-15)46(13-39-21)34-28(58-4)27(65-70(5,56)60-10-18-24(49)26(51)33(63-18)45-8-7-20(48)40-16(45)2)19(64-34)11-61-71(6,57)67-69(55)66-68(54)59-9-17-22(43-53)25(50)32(62-17)47-14-44(3)23-30(47)41-35(36)42-31(23)52/h7-8,12-13,17-19,22,24-28,32-34,49-51H,2,9-11,14H2,1,3-6H3,(H2-2,36,40,41,42,48,52)/p+2. The molecule has 8 heterocycles. The topological polar surface area (TPSA) is 405 Å². The Balaban J connectivity index is 0.895. The maximum atomic E-state index is 14.1. The number of carbonyl (C=O) groups is 1. The molecule has 3 fully saturated rings. The summed E-state index contributed by atoms with van der Waals surface area (Å²) >= 11 is 0. The number of nitrogens with zero attached hydrogens (tertiary/aromatic N) is 9. The molecule has 7 N–H and O–H groups in total. The van der Waals surface area contributed by atoms with Crippen LogP contribution in [0.15, 0.2) is 47.3 Å². The zero-order chi connectivity index (χ0) is 51.3. The molecule has 16 atom stereocenters. The number of amides is 1. The van der Waals surface area contributed by atoms with E-state index in [0.717, 1.165) is 19.4 Å². The lowest BCUT2D eigenvalue weighted by atomic mass is 10.1. The van der Waals surface area contributed by atoms with Gasteiger partial charge in [-0.05, 0) is 11.2 Å². The highest BCUT2D eigenvalue weighted by molar-refractivity contribution is 7.61. The lowest BCUT2D eigenvalue weighted by molar-refractivity contribution is -0.118. The summed E-state index contributed by atoms with van der Waals surface area (Å²) < 4.78 is 111. The number of ether oxygens (including phenoxy) is 4. The van der Waals surface area contributed by atoms with Crippen molar-refractivity contribution in [2.24, 2.45) is 5.18 Å². The van der Waals surface area contributed by atoms with Crippen LogP contribution in [0.4, 0.5) is 17.5 Å². The number of fused-ring (bicyclic) bond motifs is 2. The van der Waals surface area contributed by atoms with Crippen molar-refractivity contribution in [3.05, 3.63) is 58.3 Å². The maximum absolute atomic E-state index is 14.1. The average Bonchev–Trinajstić information content (AvgIpc) is 4.10. The average molecular weight is 1080 g/mol. The van der Waals surface area contributed by atoms with Gasteiger partial charge in [0.15, 0.2) is 40.5 Å². The molecule has 0 aliphatic carbocycles. The van der Waals surface area contributed by atoms with Crippen LogP contribution < -0.4 is 26.4 Å². The third kappa shape index (κ3) is 11.0. The van der Waals surface area contributed by atoms with Crippen molar-refractivity contribution in [2.45, 2.75) is 80.5 Å². The first-order chi connectivity index (χ1) is 33.6. The monoisotopic (exact) mass is 1080 g/mol. The van der Waals surface area contributed by atoms with E-state index < -0.39 is 137 Å². The molecular weight excluding hydrogens is 1030 g/mol. The number of hydrogen-bond donors (Lipinski definition) is 6. The van der Waals surface area contributed by atoms with Crippen LogP contribution >= 0.6 is 31.7 Å². The third-order valence-corrected chi connectivity index (χ3v) is 16.6. The SMILES string of the molecule is C=C1NC(=O)C=CN1C1OC(COP(C)(=O)OC2C(COP(C)(=O)O[P+](=O)O[P+](=O)OCC3OC(N4CN(C)c5c4nc(N)[nH]c5=O)C(O)C3N=O)OC(n3cnc4c(C)ncnc43)C2OC)C(O)C1O. The van der Waals surface area contributed by atoms with Gasteiger partial charge in [-0.25, -0.2) is 15.0 Å². The van der Waals surface area contributed by atoms with E-state index in [9.17, 15) is 48.1 Å². The molecule has 5 aliphatic heterocycles. The van der Waals surface area contributed by atoms with E-state index in [0.29, 0.717) is 16.9 Å². The van der Waals surface area contributed by atoms with Crippen LogP contribution in [0.1, 0.15) is 11.9 Å². The Hall–Kier alpha value is -4.68. The third-order valence-electron chi connectivity index (χ3n) is 11.6. The Morgan fingerprint density at radius 3 is 2.37 bits per heavy atom. The largest absolute Gasteiger partial charge is 0.756 e. The van der Waals surface area contributed by atoms with Gasteiger partial charge in [0.1, 0.15) is 78.8 Å². The van der Waals surface area contributed by atoms with Crippen LogP contribution in [-0.4, -0.2) is 177 Å². The minimum absolute atomic E-state index is 0.0159. The minimum atomic E-state index is -4.45. The number of aliphatic hydroxyl groups is 3. The zero-order valence-electron chi connectivity index (χ0n) is 37.9. The van der Waals surface area contributed by atoms with Crippen LogP contribution in [0.5, 0.6) is 0 Å². The number of hydrogen-bond acceptors (Lipinski definition) is 29. The Morgan fingerprint density at radius 1 is 0.944 bits per heavy atom. The Bertz CT molecular complexity index is 2770. The number of aromatic nitrogens is 6. The molecule has 32 nitrogen and oxygen atoms in total. The van der Waals surface area contributed by atoms with E-state index in [1.165, 1.54) is 45.2 Å². The van der Waals surface area contributed by atoms with Gasteiger partial charge in [-0.2, -0.15) is 9.89 Å². The van der Waals surface area contributed by atoms with E-state index in [1.807, 2.05) is 0 Å². The minimum Gasteiger partial charge on any atom is -0.387 e. The van der Waals surface area contributed by atoms with Crippen molar-refractivity contribution in [2.75, 3.05) is 69.5 Å². The molecule has 16 unspecified atom stereocenters. The molecule has 0 saturated carbocycles. The Labute approximate surface area is 402 Å². The van der Waals surface area contributed by atoms with Gasteiger partial charge in [0.25, 0.3) is 11.5 Å². The molecule has 3 saturated heterocycles. The molecule has 5 aliphatic rings. The maximum Gasteiger partial charge on any atom is 0.756 e. The fraction of sp³-hybridized carbons (Fsp3) is 0.600. The predicted molar refractivity (Wildman–Crippen MR) is 240 cm³/mol. The summed E-state index contributed by atoms with van der Waals surface area (Å²) in [4.78, 5) is 59.5. The summed E-state index contributed by atoms with van der Waals surface area (Å²) in [7, 11) is -12.7. The number of methoxy groups -OCH3 is 1. The Morgan fingerprint density at radius 2 is 1.65 bits per heavy atom. The summed E-state index contributed by atoms with van der Waals surface area (Å²) in [6, 6.07) is -1.49. The fourth-order valence-electron chi connectivity index (χ4n) is 8.30. The first-order valence-electron chi connectivity index (χ1n) is 21.0. The van der Waals surface area contributed by atoms with Gasteiger partial charge >= 0.3 is 31.7 Å². The molecular formula is C35H48N12O20P4+2. The van der Waals surface area contributed by atoms with Gasteiger partial charge in [-0.3, -0.25) is 32.8 Å². The second-order valence-corrected chi connectivity index (χ2v) is 22.7. The van der Waals surface area contributed by atoms with Crippen LogP contribution in [-0.2, 0) is 68.7 Å². The molecule has 386 valence electrons. The molecule has 0 spiro atoms. The summed E-state index contributed by atoms with van der Waals surface area (Å²) in [5, 5.41) is 38.0. The molecule has 0 bridgehead atoms. The molecule has 8 rings (SSSR count). The molecule has 36 heteroatoms. The van der Waals surface area contributed by atoms with Crippen molar-refractivity contribution >= 4 is 66.2 Å². The number of aromatic amines is 1. The highest BCUT2D eigenvalue weighted by Crippen LogP contribution is 2.57. The van der Waals surface area contributed by atoms with Gasteiger partial charge in [0.2, 0.25) is 5.95 Å². The highest BCUT2D eigenvalue weighted by Gasteiger charge is 2.55. The molecule has 3 aromatic rings. The van der Waals surface area contributed by atoms with Crippen molar-refractivity contribution in [3.8, 4) is 0 Å². The molecule has 0 aromatic carbocycles. The van der Waals surface area contributed by atoms with Crippen molar-refractivity contribution in [1.29, 1.82) is 0 Å². The van der Waals surface area contributed by atoms with Crippen molar-refractivity contribution in [3.63, 3.8) is 0 Å². The van der Waals surface area contributed by atoms with E-state index in [1.54, 1.807) is 14.0 Å². The number of aryl methyl sites for hydroxylation is 1. The lowest BCUT2D eigenvalue weighted by Crippen LogP contribution is -2.46. The van der Waals surface area contributed by atoms with Crippen molar-refractivity contribution < 1.29 is 84.0 Å². The van der Waals surface area contributed by atoms with Gasteiger partial charge in [0, 0.05) is 48.9 Å². The van der Waals surface area contributed by atoms with Crippen molar-refractivity contribution in [1.82, 2.24) is 39.7 Å². The van der Waals surface area contributed by atoms with E-state index in [2.05, 4.69) is 42.0 Å². The summed E-state index contributed by atoms with van der Waals surface area (Å²) in [5.41, 5.74) is 6.52. The number of H-pyrrole nitrogens is 1. The number of carbonyl (C=O) groups excluding carboxylic acids is 1. The molecule has 0 radical (unpaired) electrons. The van der Waals surface area contributed by atoms with E-state index in [4.69, 9.17) is 51.4 Å². The van der Waals surface area contributed by atoms with Gasteiger partial charge in [-0.15, -0.1) is 4.52 Å². The van der Waals surface area contributed by atoms with E-state index in [-0.39, 0.29) is 29.9 Å². The fourth-order valence-corrected chi connectivity index (χ4v) is 12.3. The quantitative estimate of drug-likeness (QED) is 0.0647.